The number of thioether (sulfide) groups is 1. The van der Waals surface area contributed by atoms with E-state index in [9.17, 15) is 0 Å². The maximum Gasteiger partial charge on any atom is 0.122 e. The van der Waals surface area contributed by atoms with E-state index in [0.717, 1.165) is 5.75 Å². The van der Waals surface area contributed by atoms with E-state index in [1.54, 1.807) is 6.20 Å². The van der Waals surface area contributed by atoms with E-state index < -0.39 is 0 Å². The molecule has 0 radical (unpaired) electrons. The molecule has 16 heavy (non-hydrogen) atoms. The Morgan fingerprint density at radius 1 is 1.44 bits per heavy atom. The number of hydrogen-bond donors (Lipinski definition) is 1. The van der Waals surface area contributed by atoms with Crippen molar-refractivity contribution in [1.82, 2.24) is 4.98 Å². The molecule has 2 nitrogen and oxygen atoms in total. The number of aromatic nitrogens is 1. The third-order valence-corrected chi connectivity index (χ3v) is 3.54. The number of nitrogens with two attached hydrogens (primary N) is 1. The monoisotopic (exact) mass is 254 g/mol. The van der Waals surface area contributed by atoms with Crippen molar-refractivity contribution in [2.75, 3.05) is 5.75 Å². The number of pyridine rings is 1. The minimum absolute atomic E-state index is 0.369. The predicted octanol–water partition coefficient (Wildman–Crippen LogP) is 3.39. The van der Waals surface area contributed by atoms with Gasteiger partial charge in [0.05, 0.1) is 5.69 Å². The quantitative estimate of drug-likeness (QED) is 0.460. The van der Waals surface area contributed by atoms with Crippen molar-refractivity contribution < 1.29 is 0 Å². The molecule has 0 atom stereocenters. The fraction of sp³-hybridized carbons (Fsp3) is 0.500. The lowest BCUT2D eigenvalue weighted by atomic mass is 10.2. The molecule has 88 valence electrons. The summed E-state index contributed by atoms with van der Waals surface area (Å²) in [5.41, 5.74) is 6.25. The number of nitrogens with zero attached hydrogens (tertiary/aromatic N) is 1. The highest BCUT2D eigenvalue weighted by atomic mass is 32.2. The van der Waals surface area contributed by atoms with Gasteiger partial charge in [-0.3, -0.25) is 4.98 Å². The Balaban J connectivity index is 2.36. The van der Waals surface area contributed by atoms with Crippen LogP contribution in [0.3, 0.4) is 0 Å². The molecular formula is C12H18N2S2. The van der Waals surface area contributed by atoms with Crippen LogP contribution < -0.4 is 5.73 Å². The molecule has 1 rings (SSSR count). The smallest absolute Gasteiger partial charge is 0.122 e. The van der Waals surface area contributed by atoms with E-state index in [2.05, 4.69) is 11.9 Å². The highest BCUT2D eigenvalue weighted by molar-refractivity contribution is 7.99. The summed E-state index contributed by atoms with van der Waals surface area (Å²) in [7, 11) is 0. The van der Waals surface area contributed by atoms with Crippen LogP contribution in [0.4, 0.5) is 0 Å². The Bertz CT molecular complexity index is 340. The second-order valence-corrected chi connectivity index (χ2v) is 5.26. The summed E-state index contributed by atoms with van der Waals surface area (Å²) in [5, 5.41) is 0. The fourth-order valence-electron chi connectivity index (χ4n) is 1.35. The lowest BCUT2D eigenvalue weighted by molar-refractivity contribution is 0.706. The fourth-order valence-corrected chi connectivity index (χ4v) is 2.40. The van der Waals surface area contributed by atoms with Gasteiger partial charge in [0.25, 0.3) is 0 Å². The number of unbranched alkanes of at least 4 members (excludes halogenated alkanes) is 3. The molecule has 1 heterocycles. The first-order valence-electron chi connectivity index (χ1n) is 5.62. The van der Waals surface area contributed by atoms with Crippen molar-refractivity contribution in [3.05, 3.63) is 24.0 Å². The van der Waals surface area contributed by atoms with Crippen LogP contribution in [0, 0.1) is 0 Å². The van der Waals surface area contributed by atoms with Crippen LogP contribution >= 0.6 is 24.0 Å². The normalized spacial score (nSPS) is 10.3. The van der Waals surface area contributed by atoms with E-state index in [1.165, 1.54) is 30.6 Å². The van der Waals surface area contributed by atoms with Crippen LogP contribution in [0.1, 0.15) is 38.3 Å². The van der Waals surface area contributed by atoms with E-state index in [0.29, 0.717) is 10.7 Å². The first-order chi connectivity index (χ1) is 7.74. The standard InChI is InChI=1S/C12H18N2S2/c1-2-3-4-5-8-16-10-6-7-14-11(9-10)12(13)15/h6-7,9H,2-5,8H2,1H3,(H2,13,15). The second kappa shape index (κ2) is 7.63. The molecule has 0 saturated carbocycles. The Morgan fingerprint density at radius 3 is 2.94 bits per heavy atom. The summed E-state index contributed by atoms with van der Waals surface area (Å²) >= 11 is 6.74. The van der Waals surface area contributed by atoms with Crippen LogP contribution in [0.25, 0.3) is 0 Å². The summed E-state index contributed by atoms with van der Waals surface area (Å²) in [5.74, 6) is 1.15. The van der Waals surface area contributed by atoms with Crippen molar-refractivity contribution in [3.63, 3.8) is 0 Å². The van der Waals surface area contributed by atoms with Gasteiger partial charge in [-0.05, 0) is 24.3 Å². The lowest BCUT2D eigenvalue weighted by Gasteiger charge is -2.03. The molecule has 0 aliphatic rings. The summed E-state index contributed by atoms with van der Waals surface area (Å²) in [6, 6.07) is 3.97. The Kier molecular flexibility index (Phi) is 6.42. The van der Waals surface area contributed by atoms with E-state index in [1.807, 2.05) is 23.9 Å². The number of thiocarbonyl (C=S) groups is 1. The number of hydrogen-bond acceptors (Lipinski definition) is 3. The molecule has 0 fully saturated rings. The highest BCUT2D eigenvalue weighted by Crippen LogP contribution is 2.19. The topological polar surface area (TPSA) is 38.9 Å². The zero-order valence-corrected chi connectivity index (χ0v) is 11.2. The molecule has 0 aliphatic carbocycles. The van der Waals surface area contributed by atoms with Crippen molar-refractivity contribution >= 4 is 29.0 Å². The second-order valence-electron chi connectivity index (χ2n) is 3.65. The highest BCUT2D eigenvalue weighted by Gasteiger charge is 2.00. The molecule has 2 N–H and O–H groups in total. The molecule has 1 aromatic heterocycles. The van der Waals surface area contributed by atoms with Crippen molar-refractivity contribution in [3.8, 4) is 0 Å². The molecule has 0 bridgehead atoms. The van der Waals surface area contributed by atoms with Crippen LogP contribution in [0.5, 0.6) is 0 Å². The molecule has 1 aromatic rings. The predicted molar refractivity (Wildman–Crippen MR) is 75.0 cm³/mol. The van der Waals surface area contributed by atoms with Gasteiger partial charge in [-0.15, -0.1) is 11.8 Å². The lowest BCUT2D eigenvalue weighted by Crippen LogP contribution is -2.11. The van der Waals surface area contributed by atoms with Gasteiger partial charge in [-0.1, -0.05) is 38.4 Å². The van der Waals surface area contributed by atoms with E-state index >= 15 is 0 Å². The minimum Gasteiger partial charge on any atom is -0.388 e. The van der Waals surface area contributed by atoms with Gasteiger partial charge in [0, 0.05) is 11.1 Å². The zero-order chi connectivity index (χ0) is 11.8. The first kappa shape index (κ1) is 13.5. The van der Waals surface area contributed by atoms with Crippen LogP contribution in [-0.4, -0.2) is 15.7 Å². The van der Waals surface area contributed by atoms with Gasteiger partial charge in [0.2, 0.25) is 0 Å². The summed E-state index contributed by atoms with van der Waals surface area (Å²) in [6.07, 6.45) is 6.96. The summed E-state index contributed by atoms with van der Waals surface area (Å²) in [6.45, 7) is 2.23. The third-order valence-electron chi connectivity index (χ3n) is 2.25. The van der Waals surface area contributed by atoms with Crippen LogP contribution in [-0.2, 0) is 0 Å². The molecule has 0 aromatic carbocycles. The van der Waals surface area contributed by atoms with Crippen molar-refractivity contribution in [2.24, 2.45) is 5.73 Å². The molecule has 0 unspecified atom stereocenters. The minimum atomic E-state index is 0.369. The maximum absolute atomic E-state index is 5.54. The molecule has 0 saturated heterocycles. The average molecular weight is 254 g/mol. The third kappa shape index (κ3) is 4.94. The Hall–Kier alpha value is -0.610. The molecule has 0 spiro atoms. The average Bonchev–Trinajstić information content (AvgIpc) is 2.29. The molecule has 0 amide bonds. The Morgan fingerprint density at radius 2 is 2.25 bits per heavy atom. The van der Waals surface area contributed by atoms with Crippen LogP contribution in [0.2, 0.25) is 0 Å². The van der Waals surface area contributed by atoms with Gasteiger partial charge in [-0.25, -0.2) is 0 Å². The van der Waals surface area contributed by atoms with Gasteiger partial charge in [-0.2, -0.15) is 0 Å². The molecular weight excluding hydrogens is 236 g/mol. The zero-order valence-electron chi connectivity index (χ0n) is 9.61. The summed E-state index contributed by atoms with van der Waals surface area (Å²) < 4.78 is 0. The molecule has 4 heteroatoms. The van der Waals surface area contributed by atoms with Crippen LogP contribution in [0.15, 0.2) is 23.2 Å². The van der Waals surface area contributed by atoms with Gasteiger partial charge < -0.3 is 5.73 Å². The van der Waals surface area contributed by atoms with Crippen molar-refractivity contribution in [1.29, 1.82) is 0 Å². The SMILES string of the molecule is CCCCCCSc1ccnc(C(N)=S)c1. The summed E-state index contributed by atoms with van der Waals surface area (Å²) in [4.78, 5) is 5.69. The van der Waals surface area contributed by atoms with Crippen molar-refractivity contribution in [2.45, 2.75) is 37.5 Å². The first-order valence-corrected chi connectivity index (χ1v) is 7.02. The maximum atomic E-state index is 5.54. The van der Waals surface area contributed by atoms with Gasteiger partial charge in [0.1, 0.15) is 4.99 Å². The Labute approximate surface area is 107 Å². The molecule has 0 aliphatic heterocycles. The van der Waals surface area contributed by atoms with E-state index in [-0.39, 0.29) is 0 Å². The largest absolute Gasteiger partial charge is 0.388 e. The van der Waals surface area contributed by atoms with Gasteiger partial charge >= 0.3 is 0 Å². The van der Waals surface area contributed by atoms with Gasteiger partial charge in [0.15, 0.2) is 0 Å². The van der Waals surface area contributed by atoms with E-state index in [4.69, 9.17) is 18.0 Å². The number of rotatable bonds is 7.